The number of ether oxygens (including phenoxy) is 1. The van der Waals surface area contributed by atoms with Crippen LogP contribution in [0.25, 0.3) is 5.69 Å². The van der Waals surface area contributed by atoms with Crippen LogP contribution in [0.3, 0.4) is 0 Å². The Bertz CT molecular complexity index is 1040. The van der Waals surface area contributed by atoms with E-state index >= 15 is 0 Å². The van der Waals surface area contributed by atoms with E-state index in [1.165, 1.54) is 6.07 Å². The van der Waals surface area contributed by atoms with E-state index in [1.54, 1.807) is 22.9 Å². The van der Waals surface area contributed by atoms with Gasteiger partial charge in [-0.3, -0.25) is 4.79 Å². The van der Waals surface area contributed by atoms with E-state index in [9.17, 15) is 9.18 Å². The fourth-order valence-electron chi connectivity index (χ4n) is 3.58. The number of carbonyl (C=O) groups is 1. The molecular formula is C23H24FN3O2. The predicted molar refractivity (Wildman–Crippen MR) is 110 cm³/mol. The molecule has 0 saturated heterocycles. The second kappa shape index (κ2) is 8.07. The molecule has 0 spiro atoms. The molecule has 0 bridgehead atoms. The Morgan fingerprint density at radius 1 is 1.17 bits per heavy atom. The zero-order chi connectivity index (χ0) is 20.4. The van der Waals surface area contributed by atoms with E-state index < -0.39 is 0 Å². The van der Waals surface area contributed by atoms with Crippen molar-refractivity contribution in [3.05, 3.63) is 71.3 Å². The van der Waals surface area contributed by atoms with E-state index in [1.807, 2.05) is 24.3 Å². The molecule has 1 aliphatic carbocycles. The highest BCUT2D eigenvalue weighted by Gasteiger charge is 2.28. The van der Waals surface area contributed by atoms with E-state index in [0.29, 0.717) is 35.3 Å². The molecule has 3 aromatic rings. The van der Waals surface area contributed by atoms with Crippen LogP contribution in [0.15, 0.2) is 48.5 Å². The van der Waals surface area contributed by atoms with Crippen LogP contribution in [0.1, 0.15) is 42.0 Å². The number of fused-ring (bicyclic) bond motifs is 1. The van der Waals surface area contributed by atoms with E-state index in [4.69, 9.17) is 4.74 Å². The summed E-state index contributed by atoms with van der Waals surface area (Å²) in [7, 11) is 0. The van der Waals surface area contributed by atoms with Crippen LogP contribution in [0, 0.1) is 11.7 Å². The fourth-order valence-corrected chi connectivity index (χ4v) is 3.58. The standard InChI is InChI=1S/C23H24FN3O2/c1-15(2)14-29-21-13-6-4-10-18(21)25-23(28)22-16-8-7-12-19(16)27(26-22)20-11-5-3-9-17(20)24/h3-6,9-11,13,15H,7-8,12,14H2,1-2H3,(H,25,28). The van der Waals surface area contributed by atoms with Crippen molar-refractivity contribution in [2.75, 3.05) is 11.9 Å². The minimum atomic E-state index is -0.357. The van der Waals surface area contributed by atoms with Crippen LogP contribution in [0.2, 0.25) is 0 Å². The molecule has 1 aliphatic rings. The number of nitrogens with zero attached hydrogens (tertiary/aromatic N) is 2. The Morgan fingerprint density at radius 2 is 1.93 bits per heavy atom. The summed E-state index contributed by atoms with van der Waals surface area (Å²) in [5.74, 6) is 0.334. The highest BCUT2D eigenvalue weighted by molar-refractivity contribution is 6.05. The van der Waals surface area contributed by atoms with Gasteiger partial charge in [0, 0.05) is 11.3 Å². The van der Waals surface area contributed by atoms with Gasteiger partial charge in [0.15, 0.2) is 5.69 Å². The minimum absolute atomic E-state index is 0.307. The number of aromatic nitrogens is 2. The normalized spacial score (nSPS) is 12.8. The number of amides is 1. The van der Waals surface area contributed by atoms with Crippen LogP contribution in [-0.4, -0.2) is 22.3 Å². The molecule has 4 rings (SSSR count). The lowest BCUT2D eigenvalue weighted by molar-refractivity contribution is 0.102. The van der Waals surface area contributed by atoms with Gasteiger partial charge < -0.3 is 10.1 Å². The SMILES string of the molecule is CC(C)COc1ccccc1NC(=O)c1nn(-c2ccccc2F)c2c1CCC2. The summed E-state index contributed by atoms with van der Waals surface area (Å²) >= 11 is 0. The summed E-state index contributed by atoms with van der Waals surface area (Å²) in [6.07, 6.45) is 2.46. The molecule has 1 amide bonds. The maximum absolute atomic E-state index is 14.3. The second-order valence-corrected chi connectivity index (χ2v) is 7.65. The third kappa shape index (κ3) is 3.88. The third-order valence-electron chi connectivity index (χ3n) is 4.93. The molecule has 29 heavy (non-hydrogen) atoms. The van der Waals surface area contributed by atoms with Gasteiger partial charge in [-0.1, -0.05) is 38.1 Å². The van der Waals surface area contributed by atoms with Gasteiger partial charge in [-0.25, -0.2) is 9.07 Å². The first-order valence-corrected chi connectivity index (χ1v) is 9.93. The van der Waals surface area contributed by atoms with Gasteiger partial charge in [0.25, 0.3) is 5.91 Å². The van der Waals surface area contributed by atoms with Gasteiger partial charge in [-0.05, 0) is 49.4 Å². The molecule has 0 radical (unpaired) electrons. The maximum Gasteiger partial charge on any atom is 0.276 e. The Hall–Kier alpha value is -3.15. The average Bonchev–Trinajstić information content (AvgIpc) is 3.30. The number of hydrogen-bond donors (Lipinski definition) is 1. The van der Waals surface area contributed by atoms with Gasteiger partial charge in [-0.2, -0.15) is 5.10 Å². The molecule has 5 nitrogen and oxygen atoms in total. The number of carbonyl (C=O) groups excluding carboxylic acids is 1. The number of anilines is 1. The van der Waals surface area contributed by atoms with Gasteiger partial charge in [0.1, 0.15) is 17.3 Å². The van der Waals surface area contributed by atoms with E-state index in [0.717, 1.165) is 30.5 Å². The fraction of sp³-hybridized carbons (Fsp3) is 0.304. The zero-order valence-corrected chi connectivity index (χ0v) is 16.6. The van der Waals surface area contributed by atoms with Crippen molar-refractivity contribution < 1.29 is 13.9 Å². The van der Waals surface area contributed by atoms with Crippen LogP contribution in [-0.2, 0) is 12.8 Å². The van der Waals surface area contributed by atoms with Gasteiger partial charge in [0.2, 0.25) is 0 Å². The summed E-state index contributed by atoms with van der Waals surface area (Å²) in [6.45, 7) is 4.70. The first-order valence-electron chi connectivity index (χ1n) is 9.93. The van der Waals surface area contributed by atoms with Crippen molar-refractivity contribution in [2.45, 2.75) is 33.1 Å². The molecule has 1 aromatic heterocycles. The number of para-hydroxylation sites is 3. The van der Waals surface area contributed by atoms with Crippen LogP contribution in [0.4, 0.5) is 10.1 Å². The zero-order valence-electron chi connectivity index (χ0n) is 16.6. The summed E-state index contributed by atoms with van der Waals surface area (Å²) in [6, 6.07) is 13.9. The van der Waals surface area contributed by atoms with Crippen molar-refractivity contribution in [1.82, 2.24) is 9.78 Å². The number of benzene rings is 2. The van der Waals surface area contributed by atoms with Crippen LogP contribution in [0.5, 0.6) is 5.75 Å². The summed E-state index contributed by atoms with van der Waals surface area (Å²) in [5.41, 5.74) is 3.12. The molecule has 0 saturated carbocycles. The van der Waals surface area contributed by atoms with Crippen LogP contribution >= 0.6 is 0 Å². The Balaban J connectivity index is 1.64. The molecule has 1 N–H and O–H groups in total. The Labute approximate surface area is 169 Å². The van der Waals surface area contributed by atoms with Crippen molar-refractivity contribution in [1.29, 1.82) is 0 Å². The summed E-state index contributed by atoms with van der Waals surface area (Å²) in [5, 5.41) is 7.41. The van der Waals surface area contributed by atoms with E-state index in [-0.39, 0.29) is 11.7 Å². The van der Waals surface area contributed by atoms with Crippen LogP contribution < -0.4 is 10.1 Å². The van der Waals surface area contributed by atoms with Gasteiger partial charge in [-0.15, -0.1) is 0 Å². The lowest BCUT2D eigenvalue weighted by atomic mass is 10.2. The Morgan fingerprint density at radius 3 is 2.72 bits per heavy atom. The van der Waals surface area contributed by atoms with Crippen molar-refractivity contribution >= 4 is 11.6 Å². The highest BCUT2D eigenvalue weighted by atomic mass is 19.1. The monoisotopic (exact) mass is 393 g/mol. The average molecular weight is 393 g/mol. The van der Waals surface area contributed by atoms with Gasteiger partial charge >= 0.3 is 0 Å². The third-order valence-corrected chi connectivity index (χ3v) is 4.93. The number of halogens is 1. The smallest absolute Gasteiger partial charge is 0.276 e. The molecule has 6 heteroatoms. The Kier molecular flexibility index (Phi) is 5.34. The van der Waals surface area contributed by atoms with Gasteiger partial charge in [0.05, 0.1) is 12.3 Å². The second-order valence-electron chi connectivity index (χ2n) is 7.65. The first kappa shape index (κ1) is 19.2. The molecule has 0 aliphatic heterocycles. The van der Waals surface area contributed by atoms with Crippen molar-refractivity contribution in [2.24, 2.45) is 5.92 Å². The first-order chi connectivity index (χ1) is 14.0. The number of rotatable bonds is 6. The largest absolute Gasteiger partial charge is 0.491 e. The molecular weight excluding hydrogens is 369 g/mol. The minimum Gasteiger partial charge on any atom is -0.491 e. The molecule has 2 aromatic carbocycles. The number of nitrogens with one attached hydrogen (secondary N) is 1. The summed E-state index contributed by atoms with van der Waals surface area (Å²) in [4.78, 5) is 13.1. The molecule has 0 fully saturated rings. The van der Waals surface area contributed by atoms with Crippen molar-refractivity contribution in [3.63, 3.8) is 0 Å². The lowest BCUT2D eigenvalue weighted by Gasteiger charge is -2.13. The van der Waals surface area contributed by atoms with Crippen molar-refractivity contribution in [3.8, 4) is 11.4 Å². The molecule has 0 unspecified atom stereocenters. The highest BCUT2D eigenvalue weighted by Crippen LogP contribution is 2.30. The summed E-state index contributed by atoms with van der Waals surface area (Å²) < 4.78 is 21.7. The van der Waals surface area contributed by atoms with E-state index in [2.05, 4.69) is 24.3 Å². The molecule has 150 valence electrons. The predicted octanol–water partition coefficient (Wildman–Crippen LogP) is 4.79. The number of hydrogen-bond acceptors (Lipinski definition) is 3. The molecule has 1 heterocycles. The quantitative estimate of drug-likeness (QED) is 0.655. The molecule has 0 atom stereocenters. The lowest BCUT2D eigenvalue weighted by Crippen LogP contribution is -2.16. The topological polar surface area (TPSA) is 56.1 Å². The maximum atomic E-state index is 14.3.